The second kappa shape index (κ2) is 7.34. The van der Waals surface area contributed by atoms with Gasteiger partial charge in [0.05, 0.1) is 10.8 Å². The van der Waals surface area contributed by atoms with Gasteiger partial charge in [0, 0.05) is 32.1 Å². The molecule has 3 heterocycles. The molecule has 3 rings (SSSR count). The molecule has 2 aliphatic rings. The number of primary amides is 1. The van der Waals surface area contributed by atoms with Crippen LogP contribution in [-0.4, -0.2) is 53.7 Å². The first-order valence-electron chi connectivity index (χ1n) is 8.47. The van der Waals surface area contributed by atoms with Crippen LogP contribution in [0.25, 0.3) is 0 Å². The van der Waals surface area contributed by atoms with E-state index in [2.05, 4.69) is 0 Å². The first-order chi connectivity index (χ1) is 11.6. The molecule has 1 aromatic heterocycles. The first kappa shape index (κ1) is 17.0. The van der Waals surface area contributed by atoms with Crippen molar-refractivity contribution < 1.29 is 14.4 Å². The molecule has 0 aliphatic carbocycles. The van der Waals surface area contributed by atoms with Crippen LogP contribution < -0.4 is 5.73 Å². The molecular weight excluding hydrogens is 326 g/mol. The van der Waals surface area contributed by atoms with E-state index in [0.29, 0.717) is 39.0 Å². The summed E-state index contributed by atoms with van der Waals surface area (Å²) in [5, 5.41) is 1.90. The molecule has 3 amide bonds. The number of nitrogens with zero attached hydrogens (tertiary/aromatic N) is 2. The van der Waals surface area contributed by atoms with Crippen molar-refractivity contribution in [2.45, 2.75) is 25.7 Å². The van der Waals surface area contributed by atoms with Gasteiger partial charge in [0.15, 0.2) is 0 Å². The lowest BCUT2D eigenvalue weighted by Crippen LogP contribution is -2.48. The van der Waals surface area contributed by atoms with E-state index in [4.69, 9.17) is 5.73 Å². The summed E-state index contributed by atoms with van der Waals surface area (Å²) in [7, 11) is 0. The highest BCUT2D eigenvalue weighted by Crippen LogP contribution is 2.25. The van der Waals surface area contributed by atoms with E-state index in [9.17, 15) is 14.4 Å². The SMILES string of the molecule is NC(=O)[C@H]1CCCN(C(=O)C2CCN(C(=O)c3cccs3)CC2)C1. The predicted octanol–water partition coefficient (Wildman–Crippen LogP) is 1.32. The van der Waals surface area contributed by atoms with E-state index in [0.717, 1.165) is 17.7 Å². The summed E-state index contributed by atoms with van der Waals surface area (Å²) in [4.78, 5) is 40.8. The number of piperidine rings is 2. The molecule has 7 heteroatoms. The van der Waals surface area contributed by atoms with Crippen LogP contribution in [0, 0.1) is 11.8 Å². The second-order valence-corrected chi connectivity index (χ2v) is 7.52. The van der Waals surface area contributed by atoms with Crippen molar-refractivity contribution in [2.75, 3.05) is 26.2 Å². The first-order valence-corrected chi connectivity index (χ1v) is 9.35. The maximum absolute atomic E-state index is 12.7. The fourth-order valence-corrected chi connectivity index (χ4v) is 4.24. The Bertz CT molecular complexity index is 609. The Kier molecular flexibility index (Phi) is 5.18. The highest BCUT2D eigenvalue weighted by atomic mass is 32.1. The molecule has 0 bridgehead atoms. The summed E-state index contributed by atoms with van der Waals surface area (Å²) in [5.74, 6) is -0.414. The fraction of sp³-hybridized carbons (Fsp3) is 0.588. The maximum Gasteiger partial charge on any atom is 0.263 e. The zero-order valence-electron chi connectivity index (χ0n) is 13.6. The van der Waals surface area contributed by atoms with Crippen molar-refractivity contribution >= 4 is 29.1 Å². The smallest absolute Gasteiger partial charge is 0.263 e. The molecule has 1 aromatic rings. The quantitative estimate of drug-likeness (QED) is 0.893. The lowest BCUT2D eigenvalue weighted by Gasteiger charge is -2.37. The van der Waals surface area contributed by atoms with Crippen molar-refractivity contribution in [1.82, 2.24) is 9.80 Å². The summed E-state index contributed by atoms with van der Waals surface area (Å²) in [6.07, 6.45) is 2.98. The predicted molar refractivity (Wildman–Crippen MR) is 91.4 cm³/mol. The number of carbonyl (C=O) groups is 3. The van der Waals surface area contributed by atoms with Crippen molar-refractivity contribution in [1.29, 1.82) is 0 Å². The van der Waals surface area contributed by atoms with Gasteiger partial charge in [-0.1, -0.05) is 6.07 Å². The van der Waals surface area contributed by atoms with Crippen LogP contribution in [0.2, 0.25) is 0 Å². The molecule has 2 aliphatic heterocycles. The van der Waals surface area contributed by atoms with Crippen LogP contribution in [0.4, 0.5) is 0 Å². The highest BCUT2D eigenvalue weighted by Gasteiger charge is 2.33. The zero-order valence-corrected chi connectivity index (χ0v) is 14.5. The summed E-state index contributed by atoms with van der Waals surface area (Å²) >= 11 is 1.45. The van der Waals surface area contributed by atoms with Crippen LogP contribution in [-0.2, 0) is 9.59 Å². The number of amides is 3. The Morgan fingerprint density at radius 1 is 1.04 bits per heavy atom. The Hall–Kier alpha value is -1.89. The van der Waals surface area contributed by atoms with Crippen LogP contribution >= 0.6 is 11.3 Å². The monoisotopic (exact) mass is 349 g/mol. The summed E-state index contributed by atoms with van der Waals surface area (Å²) in [6.45, 7) is 2.37. The van der Waals surface area contributed by atoms with E-state index in [1.807, 2.05) is 22.4 Å². The maximum atomic E-state index is 12.7. The summed E-state index contributed by atoms with van der Waals surface area (Å²) in [6, 6.07) is 3.71. The molecule has 0 unspecified atom stereocenters. The van der Waals surface area contributed by atoms with Crippen LogP contribution in [0.5, 0.6) is 0 Å². The minimum Gasteiger partial charge on any atom is -0.369 e. The van der Waals surface area contributed by atoms with E-state index in [1.54, 1.807) is 4.90 Å². The van der Waals surface area contributed by atoms with E-state index in [1.165, 1.54) is 11.3 Å². The molecule has 6 nitrogen and oxygen atoms in total. The molecular formula is C17H23N3O3S. The van der Waals surface area contributed by atoms with Gasteiger partial charge in [0.1, 0.15) is 0 Å². The minimum absolute atomic E-state index is 0.0518. The summed E-state index contributed by atoms with van der Waals surface area (Å²) in [5.41, 5.74) is 5.39. The van der Waals surface area contributed by atoms with Gasteiger partial charge in [0.2, 0.25) is 11.8 Å². The normalized spacial score (nSPS) is 22.4. The van der Waals surface area contributed by atoms with Crippen molar-refractivity contribution in [3.05, 3.63) is 22.4 Å². The number of likely N-dealkylation sites (tertiary alicyclic amines) is 2. The van der Waals surface area contributed by atoms with Gasteiger partial charge >= 0.3 is 0 Å². The van der Waals surface area contributed by atoms with Crippen LogP contribution in [0.15, 0.2) is 17.5 Å². The largest absolute Gasteiger partial charge is 0.369 e. The van der Waals surface area contributed by atoms with Gasteiger partial charge in [-0.15, -0.1) is 11.3 Å². The number of hydrogen-bond acceptors (Lipinski definition) is 4. The number of carbonyl (C=O) groups excluding carboxylic acids is 3. The average Bonchev–Trinajstić information content (AvgIpc) is 3.15. The lowest BCUT2D eigenvalue weighted by atomic mass is 9.92. The molecule has 1 atom stereocenters. The van der Waals surface area contributed by atoms with E-state index < -0.39 is 0 Å². The molecule has 0 radical (unpaired) electrons. The summed E-state index contributed by atoms with van der Waals surface area (Å²) < 4.78 is 0. The third kappa shape index (κ3) is 3.61. The molecule has 0 saturated carbocycles. The lowest BCUT2D eigenvalue weighted by molar-refractivity contribution is -0.140. The molecule has 2 N–H and O–H groups in total. The molecule has 0 spiro atoms. The second-order valence-electron chi connectivity index (χ2n) is 6.57. The Labute approximate surface area is 145 Å². The van der Waals surface area contributed by atoms with Gasteiger partial charge < -0.3 is 15.5 Å². The van der Waals surface area contributed by atoms with Crippen molar-refractivity contribution in [3.63, 3.8) is 0 Å². The van der Waals surface area contributed by atoms with E-state index in [-0.39, 0.29) is 29.6 Å². The van der Waals surface area contributed by atoms with Gasteiger partial charge in [-0.2, -0.15) is 0 Å². The third-order valence-corrected chi connectivity index (χ3v) is 5.86. The Morgan fingerprint density at radius 2 is 1.79 bits per heavy atom. The minimum atomic E-state index is -0.316. The molecule has 130 valence electrons. The molecule has 0 aromatic carbocycles. The highest BCUT2D eigenvalue weighted by molar-refractivity contribution is 7.12. The molecule has 2 fully saturated rings. The number of nitrogens with two attached hydrogens (primary N) is 1. The number of hydrogen-bond donors (Lipinski definition) is 1. The number of thiophene rings is 1. The van der Waals surface area contributed by atoms with Crippen molar-refractivity contribution in [3.8, 4) is 0 Å². The standard InChI is InChI=1S/C17H23N3O3S/c18-15(21)13-3-1-7-20(11-13)16(22)12-5-8-19(9-6-12)17(23)14-4-2-10-24-14/h2,4,10,12-13H,1,3,5-9,11H2,(H2,18,21)/t13-/m0/s1. The van der Waals surface area contributed by atoms with Gasteiger partial charge in [-0.25, -0.2) is 0 Å². The Balaban J connectivity index is 1.53. The van der Waals surface area contributed by atoms with Crippen LogP contribution in [0.3, 0.4) is 0 Å². The zero-order chi connectivity index (χ0) is 17.1. The third-order valence-electron chi connectivity index (χ3n) is 5.00. The van der Waals surface area contributed by atoms with Gasteiger partial charge in [0.25, 0.3) is 5.91 Å². The molecule has 2 saturated heterocycles. The average molecular weight is 349 g/mol. The Morgan fingerprint density at radius 3 is 2.42 bits per heavy atom. The van der Waals surface area contributed by atoms with E-state index >= 15 is 0 Å². The van der Waals surface area contributed by atoms with Gasteiger partial charge in [-0.3, -0.25) is 14.4 Å². The van der Waals surface area contributed by atoms with Crippen LogP contribution in [0.1, 0.15) is 35.4 Å². The van der Waals surface area contributed by atoms with Crippen molar-refractivity contribution in [2.24, 2.45) is 17.6 Å². The van der Waals surface area contributed by atoms with Gasteiger partial charge in [-0.05, 0) is 37.1 Å². The number of rotatable bonds is 3. The topological polar surface area (TPSA) is 83.7 Å². The molecule has 24 heavy (non-hydrogen) atoms. The fourth-order valence-electron chi connectivity index (χ4n) is 3.55.